The molecule has 0 saturated carbocycles. The van der Waals surface area contributed by atoms with Gasteiger partial charge < -0.3 is 5.32 Å². The molecule has 0 radical (unpaired) electrons. The second-order valence-corrected chi connectivity index (χ2v) is 9.02. The van der Waals surface area contributed by atoms with Gasteiger partial charge in [-0.05, 0) is 52.1 Å². The zero-order chi connectivity index (χ0) is 20.1. The molecule has 0 aromatic carbocycles. The molecule has 5 nitrogen and oxygen atoms in total. The van der Waals surface area contributed by atoms with Crippen LogP contribution in [0.3, 0.4) is 0 Å². The molecular weight excluding hydrogens is 373 g/mol. The van der Waals surface area contributed by atoms with E-state index < -0.39 is 6.17 Å². The number of rotatable bonds is 9. The second-order valence-electron chi connectivity index (χ2n) is 7.82. The van der Waals surface area contributed by atoms with Crippen LogP contribution in [0.1, 0.15) is 39.0 Å². The van der Waals surface area contributed by atoms with Gasteiger partial charge in [0.25, 0.3) is 0 Å². The van der Waals surface area contributed by atoms with Crippen molar-refractivity contribution in [3.63, 3.8) is 0 Å². The van der Waals surface area contributed by atoms with Gasteiger partial charge in [-0.1, -0.05) is 24.6 Å². The van der Waals surface area contributed by atoms with Crippen molar-refractivity contribution in [2.45, 2.75) is 57.3 Å². The first-order chi connectivity index (χ1) is 13.5. The predicted octanol–water partition coefficient (Wildman–Crippen LogP) is 3.69. The Kier molecular flexibility index (Phi) is 7.47. The van der Waals surface area contributed by atoms with Crippen molar-refractivity contribution in [1.82, 2.24) is 14.3 Å². The lowest BCUT2D eigenvalue weighted by Gasteiger charge is -2.36. The summed E-state index contributed by atoms with van der Waals surface area (Å²) in [7, 11) is 4.04. The average molecular weight is 404 g/mol. The van der Waals surface area contributed by atoms with Gasteiger partial charge >= 0.3 is 0 Å². The average Bonchev–Trinajstić information content (AvgIpc) is 2.65. The van der Waals surface area contributed by atoms with Gasteiger partial charge in [-0.2, -0.15) is 5.26 Å². The molecule has 0 aromatic rings. The first-order valence-electron chi connectivity index (χ1n) is 10.1. The zero-order valence-corrected chi connectivity index (χ0v) is 17.7. The Hall–Kier alpha value is -1.46. The van der Waals surface area contributed by atoms with E-state index in [9.17, 15) is 9.65 Å². The van der Waals surface area contributed by atoms with Gasteiger partial charge in [0.05, 0.1) is 23.4 Å². The highest BCUT2D eigenvalue weighted by molar-refractivity contribution is 7.95. The minimum Gasteiger partial charge on any atom is -0.306 e. The van der Waals surface area contributed by atoms with Crippen LogP contribution < -0.4 is 10.0 Å². The minimum absolute atomic E-state index is 0.159. The zero-order valence-electron chi connectivity index (χ0n) is 16.9. The van der Waals surface area contributed by atoms with Gasteiger partial charge in [0.15, 0.2) is 0 Å². The van der Waals surface area contributed by atoms with Crippen molar-refractivity contribution in [3.8, 4) is 6.07 Å². The van der Waals surface area contributed by atoms with E-state index in [1.54, 1.807) is 12.1 Å². The summed E-state index contributed by atoms with van der Waals surface area (Å²) in [5.74, 6) is 0.159. The standard InChI is InChI=1S/C21H30FN5S/c1-4-18(7-8-25-28-27(2)3)26-20-11-15(10-17-13-24-21(17)20)14-5-6-19(22)16(9-14)12-23/h9-10,13-14,18-20,25-26H,4-8,11H2,1-3H3. The summed E-state index contributed by atoms with van der Waals surface area (Å²) in [6, 6.07) is 2.65. The molecule has 3 aliphatic rings. The number of hydrogen-bond acceptors (Lipinski definition) is 6. The van der Waals surface area contributed by atoms with E-state index in [1.165, 1.54) is 11.1 Å². The van der Waals surface area contributed by atoms with Crippen molar-refractivity contribution in [3.05, 3.63) is 35.1 Å². The van der Waals surface area contributed by atoms with Gasteiger partial charge in [0.2, 0.25) is 0 Å². The monoisotopic (exact) mass is 403 g/mol. The molecule has 2 N–H and O–H groups in total. The number of allylic oxidation sites excluding steroid dienone is 3. The fourth-order valence-electron chi connectivity index (χ4n) is 3.99. The van der Waals surface area contributed by atoms with Crippen molar-refractivity contribution in [2.24, 2.45) is 10.9 Å². The molecule has 0 amide bonds. The normalized spacial score (nSPS) is 27.6. The fourth-order valence-corrected chi connectivity index (χ4v) is 4.45. The van der Waals surface area contributed by atoms with Crippen LogP contribution in [0.2, 0.25) is 0 Å². The molecule has 0 bridgehead atoms. The largest absolute Gasteiger partial charge is 0.306 e. The number of hydrogen-bond donors (Lipinski definition) is 2. The lowest BCUT2D eigenvalue weighted by atomic mass is 9.76. The lowest BCUT2D eigenvalue weighted by molar-refractivity contribution is 0.330. The van der Waals surface area contributed by atoms with Gasteiger partial charge in [-0.3, -0.25) is 9.71 Å². The van der Waals surface area contributed by atoms with Crippen LogP contribution in [0.15, 0.2) is 40.1 Å². The van der Waals surface area contributed by atoms with Crippen molar-refractivity contribution in [1.29, 1.82) is 5.26 Å². The molecule has 4 atom stereocenters. The van der Waals surface area contributed by atoms with E-state index in [0.29, 0.717) is 18.0 Å². The Labute approximate surface area is 172 Å². The molecule has 1 heterocycles. The molecule has 4 unspecified atom stereocenters. The van der Waals surface area contributed by atoms with Crippen LogP contribution in [-0.4, -0.2) is 48.9 Å². The highest BCUT2D eigenvalue weighted by Crippen LogP contribution is 2.37. The quantitative estimate of drug-likeness (QED) is 0.454. The molecule has 152 valence electrons. The molecule has 0 fully saturated rings. The number of halogens is 1. The maximum Gasteiger partial charge on any atom is 0.135 e. The fraction of sp³-hybridized carbons (Fsp3) is 0.619. The van der Waals surface area contributed by atoms with Crippen LogP contribution in [0.4, 0.5) is 4.39 Å². The second kappa shape index (κ2) is 9.84. The lowest BCUT2D eigenvalue weighted by Crippen LogP contribution is -2.47. The van der Waals surface area contributed by atoms with Crippen molar-refractivity contribution in [2.75, 3.05) is 20.6 Å². The Bertz CT molecular complexity index is 734. The van der Waals surface area contributed by atoms with E-state index in [4.69, 9.17) is 0 Å². The molecule has 1 aliphatic heterocycles. The van der Waals surface area contributed by atoms with Crippen LogP contribution in [0.25, 0.3) is 0 Å². The van der Waals surface area contributed by atoms with E-state index >= 15 is 0 Å². The van der Waals surface area contributed by atoms with Crippen LogP contribution in [0.5, 0.6) is 0 Å². The minimum atomic E-state index is -1.10. The number of fused-ring (bicyclic) bond motifs is 1. The van der Waals surface area contributed by atoms with Gasteiger partial charge in [-0.15, -0.1) is 0 Å². The third-order valence-corrected chi connectivity index (χ3v) is 6.27. The van der Waals surface area contributed by atoms with E-state index in [0.717, 1.165) is 37.9 Å². The third kappa shape index (κ3) is 5.12. The highest BCUT2D eigenvalue weighted by Gasteiger charge is 2.33. The Balaban J connectivity index is 1.62. The Morgan fingerprint density at radius 2 is 2.25 bits per heavy atom. The van der Waals surface area contributed by atoms with Crippen molar-refractivity contribution >= 4 is 17.8 Å². The predicted molar refractivity (Wildman–Crippen MR) is 114 cm³/mol. The number of alkyl halides is 1. The summed E-state index contributed by atoms with van der Waals surface area (Å²) in [4.78, 5) is 4.50. The molecule has 7 heteroatoms. The molecule has 0 saturated heterocycles. The van der Waals surface area contributed by atoms with E-state index in [2.05, 4.69) is 28.0 Å². The smallest absolute Gasteiger partial charge is 0.135 e. The summed E-state index contributed by atoms with van der Waals surface area (Å²) in [6.07, 6.45) is 9.05. The third-order valence-electron chi connectivity index (χ3n) is 5.58. The van der Waals surface area contributed by atoms with Crippen molar-refractivity contribution < 1.29 is 4.39 Å². The molecule has 3 rings (SSSR count). The van der Waals surface area contributed by atoms with Gasteiger partial charge in [-0.25, -0.2) is 8.70 Å². The Morgan fingerprint density at radius 1 is 1.43 bits per heavy atom. The summed E-state index contributed by atoms with van der Waals surface area (Å²) >= 11 is 1.61. The summed E-state index contributed by atoms with van der Waals surface area (Å²) in [6.45, 7) is 3.15. The summed E-state index contributed by atoms with van der Waals surface area (Å²) < 4.78 is 19.3. The number of nitrogens with zero attached hydrogens (tertiary/aromatic N) is 3. The maximum absolute atomic E-state index is 13.9. The molecular formula is C21H30FN5S. The molecule has 0 spiro atoms. The topological polar surface area (TPSA) is 63.4 Å². The summed E-state index contributed by atoms with van der Waals surface area (Å²) in [5, 5.41) is 13.0. The summed E-state index contributed by atoms with van der Waals surface area (Å²) in [5.41, 5.74) is 3.91. The first-order valence-corrected chi connectivity index (χ1v) is 10.9. The molecule has 0 aromatic heterocycles. The molecule has 28 heavy (non-hydrogen) atoms. The van der Waals surface area contributed by atoms with Crippen LogP contribution >= 0.6 is 12.1 Å². The van der Waals surface area contributed by atoms with Gasteiger partial charge in [0, 0.05) is 36.5 Å². The number of aliphatic imine (C=N–C) groups is 1. The highest BCUT2D eigenvalue weighted by atomic mass is 32.2. The van der Waals surface area contributed by atoms with E-state index in [-0.39, 0.29) is 12.0 Å². The van der Waals surface area contributed by atoms with E-state index in [1.807, 2.05) is 36.7 Å². The number of nitrogens with one attached hydrogen (secondary N) is 2. The molecule has 2 aliphatic carbocycles. The van der Waals surface area contributed by atoms with Gasteiger partial charge in [0.1, 0.15) is 6.17 Å². The maximum atomic E-state index is 13.9. The first kappa shape index (κ1) is 21.3. The van der Waals surface area contributed by atoms with Crippen LogP contribution in [-0.2, 0) is 0 Å². The Morgan fingerprint density at radius 3 is 2.89 bits per heavy atom. The number of nitriles is 1. The van der Waals surface area contributed by atoms with Crippen LogP contribution in [0, 0.1) is 17.2 Å². The SMILES string of the molecule is CCC(CCNSN(C)C)NC1CC(C2C=C(C#N)C(F)CC2)=CC2=CN=C21.